The molecule has 104 valence electrons. The van der Waals surface area contributed by atoms with E-state index < -0.39 is 0 Å². The maximum absolute atomic E-state index is 5.53. The highest BCUT2D eigenvalue weighted by Crippen LogP contribution is 2.23. The van der Waals surface area contributed by atoms with Crippen LogP contribution in [0.5, 0.6) is 5.75 Å². The Morgan fingerprint density at radius 3 is 2.95 bits per heavy atom. The molecule has 0 spiro atoms. The summed E-state index contributed by atoms with van der Waals surface area (Å²) in [5.41, 5.74) is 1.08. The molecule has 0 fully saturated rings. The van der Waals surface area contributed by atoms with Crippen LogP contribution in [-0.2, 0) is 11.3 Å². The Hall–Kier alpha value is -1.02. The van der Waals surface area contributed by atoms with Gasteiger partial charge in [0.05, 0.1) is 6.61 Å². The standard InChI is InChI=1S/C15H20BrNO2/c1-4-8-19-15-7-6-14(16)9-13(15)10-17-12(3)11-18-5-2/h1,6-7,9,12,17H,5,8,10-11H2,2-3H3. The molecule has 0 aliphatic carbocycles. The Kier molecular flexibility index (Phi) is 7.57. The molecular formula is C15H20BrNO2. The maximum atomic E-state index is 5.53. The minimum Gasteiger partial charge on any atom is -0.481 e. The fraction of sp³-hybridized carbons (Fsp3) is 0.467. The second-order valence-electron chi connectivity index (χ2n) is 4.19. The predicted molar refractivity (Wildman–Crippen MR) is 81.3 cm³/mol. The lowest BCUT2D eigenvalue weighted by Gasteiger charge is -2.16. The largest absolute Gasteiger partial charge is 0.481 e. The zero-order valence-electron chi connectivity index (χ0n) is 11.4. The van der Waals surface area contributed by atoms with Crippen molar-refractivity contribution in [3.63, 3.8) is 0 Å². The van der Waals surface area contributed by atoms with E-state index in [9.17, 15) is 0 Å². The van der Waals surface area contributed by atoms with Crippen molar-refractivity contribution in [1.82, 2.24) is 5.32 Å². The second-order valence-corrected chi connectivity index (χ2v) is 5.10. The molecule has 0 radical (unpaired) electrons. The Bertz CT molecular complexity index is 429. The summed E-state index contributed by atoms with van der Waals surface area (Å²) < 4.78 is 11.9. The van der Waals surface area contributed by atoms with Gasteiger partial charge in [-0.25, -0.2) is 0 Å². The zero-order chi connectivity index (χ0) is 14.1. The van der Waals surface area contributed by atoms with Crippen molar-refractivity contribution in [3.05, 3.63) is 28.2 Å². The number of nitrogens with one attached hydrogen (secondary N) is 1. The molecule has 1 atom stereocenters. The van der Waals surface area contributed by atoms with Crippen molar-refractivity contribution in [2.75, 3.05) is 19.8 Å². The van der Waals surface area contributed by atoms with E-state index in [1.54, 1.807) is 0 Å². The molecule has 0 bridgehead atoms. The van der Waals surface area contributed by atoms with Crippen LogP contribution in [-0.4, -0.2) is 25.9 Å². The Morgan fingerprint density at radius 1 is 1.47 bits per heavy atom. The minimum absolute atomic E-state index is 0.281. The quantitative estimate of drug-likeness (QED) is 0.745. The maximum Gasteiger partial charge on any atom is 0.148 e. The summed E-state index contributed by atoms with van der Waals surface area (Å²) in [7, 11) is 0. The third-order valence-corrected chi connectivity index (χ3v) is 3.04. The molecule has 0 saturated heterocycles. The summed E-state index contributed by atoms with van der Waals surface area (Å²) in [6, 6.07) is 6.19. The van der Waals surface area contributed by atoms with Gasteiger partial charge in [-0.3, -0.25) is 0 Å². The van der Waals surface area contributed by atoms with Crippen molar-refractivity contribution in [2.24, 2.45) is 0 Å². The summed E-state index contributed by atoms with van der Waals surface area (Å²) in [6.45, 7) is 6.52. The van der Waals surface area contributed by atoms with E-state index in [-0.39, 0.29) is 6.61 Å². The van der Waals surface area contributed by atoms with Crippen molar-refractivity contribution in [1.29, 1.82) is 0 Å². The summed E-state index contributed by atoms with van der Waals surface area (Å²) in [4.78, 5) is 0. The van der Waals surface area contributed by atoms with Crippen LogP contribution in [0, 0.1) is 12.3 Å². The van der Waals surface area contributed by atoms with E-state index in [4.69, 9.17) is 15.9 Å². The van der Waals surface area contributed by atoms with Crippen LogP contribution in [0.15, 0.2) is 22.7 Å². The third kappa shape index (κ3) is 6.11. The molecule has 0 heterocycles. The van der Waals surface area contributed by atoms with Crippen LogP contribution in [0.2, 0.25) is 0 Å². The average molecular weight is 326 g/mol. The number of benzene rings is 1. The highest BCUT2D eigenvalue weighted by molar-refractivity contribution is 9.10. The number of halogens is 1. The van der Waals surface area contributed by atoms with Crippen molar-refractivity contribution in [2.45, 2.75) is 26.4 Å². The molecule has 0 saturated carbocycles. The average Bonchev–Trinajstić information content (AvgIpc) is 2.41. The van der Waals surface area contributed by atoms with Gasteiger partial charge in [-0.15, -0.1) is 6.42 Å². The highest BCUT2D eigenvalue weighted by atomic mass is 79.9. The SMILES string of the molecule is C#CCOc1ccc(Br)cc1CNC(C)COCC. The van der Waals surface area contributed by atoms with E-state index in [1.807, 2.05) is 25.1 Å². The zero-order valence-corrected chi connectivity index (χ0v) is 13.0. The van der Waals surface area contributed by atoms with Gasteiger partial charge in [0.1, 0.15) is 12.4 Å². The molecule has 4 heteroatoms. The summed E-state index contributed by atoms with van der Waals surface area (Å²) in [6.07, 6.45) is 5.22. The van der Waals surface area contributed by atoms with E-state index in [0.29, 0.717) is 19.2 Å². The van der Waals surface area contributed by atoms with Crippen molar-refractivity contribution in [3.8, 4) is 18.1 Å². The minimum atomic E-state index is 0.281. The van der Waals surface area contributed by atoms with Gasteiger partial charge in [0.25, 0.3) is 0 Å². The lowest BCUT2D eigenvalue weighted by molar-refractivity contribution is 0.127. The van der Waals surface area contributed by atoms with E-state index in [0.717, 1.165) is 22.4 Å². The monoisotopic (exact) mass is 325 g/mol. The van der Waals surface area contributed by atoms with Crippen LogP contribution < -0.4 is 10.1 Å². The first-order valence-corrected chi connectivity index (χ1v) is 7.12. The van der Waals surface area contributed by atoms with Gasteiger partial charge in [0, 0.05) is 29.2 Å². The molecule has 1 aromatic carbocycles. The molecule has 19 heavy (non-hydrogen) atoms. The molecule has 3 nitrogen and oxygen atoms in total. The van der Waals surface area contributed by atoms with Gasteiger partial charge in [0.2, 0.25) is 0 Å². The smallest absolute Gasteiger partial charge is 0.148 e. The van der Waals surface area contributed by atoms with E-state index in [2.05, 4.69) is 34.1 Å². The highest BCUT2D eigenvalue weighted by Gasteiger charge is 2.07. The molecule has 0 aromatic heterocycles. The fourth-order valence-electron chi connectivity index (χ4n) is 1.58. The normalized spacial score (nSPS) is 11.9. The molecular weight excluding hydrogens is 306 g/mol. The Morgan fingerprint density at radius 2 is 2.26 bits per heavy atom. The summed E-state index contributed by atoms with van der Waals surface area (Å²) >= 11 is 3.47. The van der Waals surface area contributed by atoms with Crippen LogP contribution in [0.4, 0.5) is 0 Å². The Balaban J connectivity index is 2.60. The van der Waals surface area contributed by atoms with Gasteiger partial charge < -0.3 is 14.8 Å². The number of ether oxygens (including phenoxy) is 2. The van der Waals surface area contributed by atoms with E-state index in [1.165, 1.54) is 0 Å². The van der Waals surface area contributed by atoms with Gasteiger partial charge >= 0.3 is 0 Å². The predicted octanol–water partition coefficient (Wildman–Crippen LogP) is 2.98. The number of terminal acetylenes is 1. The van der Waals surface area contributed by atoms with Crippen LogP contribution in [0.1, 0.15) is 19.4 Å². The molecule has 0 aliphatic heterocycles. The topological polar surface area (TPSA) is 30.5 Å². The van der Waals surface area contributed by atoms with Gasteiger partial charge in [-0.2, -0.15) is 0 Å². The first kappa shape index (κ1) is 16.0. The van der Waals surface area contributed by atoms with Crippen LogP contribution in [0.25, 0.3) is 0 Å². The Labute approximate surface area is 123 Å². The van der Waals surface area contributed by atoms with Gasteiger partial charge in [-0.05, 0) is 32.0 Å². The van der Waals surface area contributed by atoms with Crippen molar-refractivity contribution < 1.29 is 9.47 Å². The number of rotatable bonds is 8. The van der Waals surface area contributed by atoms with Crippen LogP contribution in [0.3, 0.4) is 0 Å². The van der Waals surface area contributed by atoms with Crippen molar-refractivity contribution >= 4 is 15.9 Å². The lowest BCUT2D eigenvalue weighted by atomic mass is 10.2. The van der Waals surface area contributed by atoms with Crippen LogP contribution >= 0.6 is 15.9 Å². The molecule has 1 unspecified atom stereocenters. The molecule has 1 aromatic rings. The molecule has 1 N–H and O–H groups in total. The van der Waals surface area contributed by atoms with E-state index >= 15 is 0 Å². The second kappa shape index (κ2) is 8.98. The summed E-state index contributed by atoms with van der Waals surface area (Å²) in [5, 5.41) is 3.40. The number of hydrogen-bond donors (Lipinski definition) is 1. The summed E-state index contributed by atoms with van der Waals surface area (Å²) in [5.74, 6) is 3.29. The fourth-order valence-corrected chi connectivity index (χ4v) is 1.99. The van der Waals surface area contributed by atoms with Gasteiger partial charge in [0.15, 0.2) is 0 Å². The lowest BCUT2D eigenvalue weighted by Crippen LogP contribution is -2.30. The molecule has 1 rings (SSSR count). The molecule has 0 aliphatic rings. The number of hydrogen-bond acceptors (Lipinski definition) is 3. The molecule has 0 amide bonds. The first-order valence-electron chi connectivity index (χ1n) is 6.33. The first-order chi connectivity index (χ1) is 9.17. The van der Waals surface area contributed by atoms with Gasteiger partial charge in [-0.1, -0.05) is 21.9 Å². The third-order valence-electron chi connectivity index (χ3n) is 2.55.